The van der Waals surface area contributed by atoms with Crippen molar-refractivity contribution >= 4 is 0 Å². The van der Waals surface area contributed by atoms with E-state index in [9.17, 15) is 10.2 Å². The number of aromatic hydroxyl groups is 1. The molecule has 1 aliphatic rings. The van der Waals surface area contributed by atoms with Crippen molar-refractivity contribution in [1.82, 2.24) is 15.2 Å². The van der Waals surface area contributed by atoms with Gasteiger partial charge in [-0.25, -0.2) is 0 Å². The average molecular weight is 279 g/mol. The Labute approximate surface area is 120 Å². The number of pyridine rings is 1. The predicted octanol–water partition coefficient (Wildman–Crippen LogP) is 1.16. The van der Waals surface area contributed by atoms with Gasteiger partial charge in [-0.1, -0.05) is 6.92 Å². The van der Waals surface area contributed by atoms with E-state index in [0.29, 0.717) is 23.8 Å². The van der Waals surface area contributed by atoms with Crippen LogP contribution in [0.15, 0.2) is 6.20 Å². The quantitative estimate of drug-likeness (QED) is 0.755. The highest BCUT2D eigenvalue weighted by Gasteiger charge is 2.19. The summed E-state index contributed by atoms with van der Waals surface area (Å²) < 4.78 is 0. The Bertz CT molecular complexity index is 451. The Morgan fingerprint density at radius 3 is 3.00 bits per heavy atom. The molecular weight excluding hydrogens is 254 g/mol. The van der Waals surface area contributed by atoms with Gasteiger partial charge in [-0.15, -0.1) is 0 Å². The summed E-state index contributed by atoms with van der Waals surface area (Å²) in [6, 6.07) is 0.447. The predicted molar refractivity (Wildman–Crippen MR) is 78.5 cm³/mol. The summed E-state index contributed by atoms with van der Waals surface area (Å²) in [4.78, 5) is 6.52. The van der Waals surface area contributed by atoms with Crippen molar-refractivity contribution in [2.75, 3.05) is 19.6 Å². The number of nitrogens with one attached hydrogen (secondary N) is 1. The van der Waals surface area contributed by atoms with Crippen LogP contribution in [0, 0.1) is 6.92 Å². The summed E-state index contributed by atoms with van der Waals surface area (Å²) in [5.41, 5.74) is 2.08. The molecule has 2 rings (SSSR count). The molecule has 1 atom stereocenters. The van der Waals surface area contributed by atoms with E-state index < -0.39 is 0 Å². The van der Waals surface area contributed by atoms with Gasteiger partial charge in [0.25, 0.3) is 0 Å². The largest absolute Gasteiger partial charge is 0.506 e. The second kappa shape index (κ2) is 7.02. The lowest BCUT2D eigenvalue weighted by molar-refractivity contribution is 0.197. The lowest BCUT2D eigenvalue weighted by atomic mass is 10.0. The molecule has 0 bridgehead atoms. The molecule has 0 radical (unpaired) electrons. The van der Waals surface area contributed by atoms with Gasteiger partial charge < -0.3 is 20.4 Å². The van der Waals surface area contributed by atoms with Crippen LogP contribution >= 0.6 is 0 Å². The molecule has 3 N–H and O–H groups in total. The maximum Gasteiger partial charge on any atom is 0.141 e. The fourth-order valence-electron chi connectivity index (χ4n) is 2.77. The van der Waals surface area contributed by atoms with Gasteiger partial charge in [0.05, 0.1) is 12.3 Å². The van der Waals surface area contributed by atoms with E-state index in [1.54, 1.807) is 13.1 Å². The summed E-state index contributed by atoms with van der Waals surface area (Å²) in [6.07, 6.45) is 4.01. The monoisotopic (exact) mass is 279 g/mol. The number of likely N-dealkylation sites (N-methyl/N-ethyl adjacent to an activating group) is 1. The lowest BCUT2D eigenvalue weighted by Crippen LogP contribution is -2.45. The summed E-state index contributed by atoms with van der Waals surface area (Å²) in [6.45, 7) is 7.76. The highest BCUT2D eigenvalue weighted by Crippen LogP contribution is 2.24. The minimum absolute atomic E-state index is 0.0936. The summed E-state index contributed by atoms with van der Waals surface area (Å²) in [7, 11) is 0. The molecule has 0 spiro atoms. The fraction of sp³-hybridized carbons (Fsp3) is 0.667. The molecule has 0 aliphatic carbocycles. The third-order valence-corrected chi connectivity index (χ3v) is 4.12. The van der Waals surface area contributed by atoms with Crippen molar-refractivity contribution in [2.24, 2.45) is 0 Å². The zero-order valence-corrected chi connectivity index (χ0v) is 12.4. The summed E-state index contributed by atoms with van der Waals surface area (Å²) in [5.74, 6) is 0.201. The van der Waals surface area contributed by atoms with Crippen molar-refractivity contribution in [3.63, 3.8) is 0 Å². The van der Waals surface area contributed by atoms with E-state index in [-0.39, 0.29) is 12.4 Å². The van der Waals surface area contributed by atoms with Crippen molar-refractivity contribution in [1.29, 1.82) is 0 Å². The van der Waals surface area contributed by atoms with Crippen LogP contribution in [0.25, 0.3) is 0 Å². The minimum Gasteiger partial charge on any atom is -0.506 e. The number of hydrogen-bond acceptors (Lipinski definition) is 5. The number of aliphatic hydroxyl groups excluding tert-OH is 1. The first-order valence-corrected chi connectivity index (χ1v) is 7.38. The number of likely N-dealkylation sites (tertiary alicyclic amines) is 1. The molecule has 0 amide bonds. The molecule has 1 aromatic heterocycles. The molecule has 1 fully saturated rings. The molecule has 1 unspecified atom stereocenters. The number of piperidine rings is 1. The summed E-state index contributed by atoms with van der Waals surface area (Å²) >= 11 is 0. The third-order valence-electron chi connectivity index (χ3n) is 4.12. The topological polar surface area (TPSA) is 68.6 Å². The van der Waals surface area contributed by atoms with Crippen LogP contribution in [0.2, 0.25) is 0 Å². The van der Waals surface area contributed by atoms with Gasteiger partial charge in [-0.2, -0.15) is 0 Å². The second-order valence-electron chi connectivity index (χ2n) is 5.47. The van der Waals surface area contributed by atoms with Gasteiger partial charge in [0, 0.05) is 36.5 Å². The van der Waals surface area contributed by atoms with E-state index >= 15 is 0 Å². The van der Waals surface area contributed by atoms with Crippen LogP contribution in [0.5, 0.6) is 5.75 Å². The van der Waals surface area contributed by atoms with Crippen molar-refractivity contribution in [2.45, 2.75) is 45.9 Å². The number of aliphatic hydroxyl groups is 1. The van der Waals surface area contributed by atoms with Crippen LogP contribution in [0.1, 0.15) is 36.6 Å². The van der Waals surface area contributed by atoms with Crippen molar-refractivity contribution in [3.05, 3.63) is 23.0 Å². The van der Waals surface area contributed by atoms with E-state index in [2.05, 4.69) is 22.1 Å². The van der Waals surface area contributed by atoms with Gasteiger partial charge >= 0.3 is 0 Å². The number of nitrogens with zero attached hydrogens (tertiary/aromatic N) is 2. The second-order valence-corrected chi connectivity index (χ2v) is 5.47. The Kier molecular flexibility index (Phi) is 5.34. The molecule has 1 saturated heterocycles. The first-order chi connectivity index (χ1) is 9.65. The molecule has 0 aromatic carbocycles. The van der Waals surface area contributed by atoms with E-state index in [4.69, 9.17) is 0 Å². The minimum atomic E-state index is -0.0936. The Balaban J connectivity index is 2.01. The summed E-state index contributed by atoms with van der Waals surface area (Å²) in [5, 5.41) is 23.0. The molecule has 112 valence electrons. The molecule has 2 heterocycles. The van der Waals surface area contributed by atoms with Crippen LogP contribution in [0.4, 0.5) is 0 Å². The molecule has 1 aliphatic heterocycles. The van der Waals surface area contributed by atoms with Crippen molar-refractivity contribution < 1.29 is 10.2 Å². The maximum absolute atomic E-state index is 10.1. The maximum atomic E-state index is 10.1. The Hall–Kier alpha value is -1.17. The first-order valence-electron chi connectivity index (χ1n) is 7.38. The molecule has 0 saturated carbocycles. The molecule has 5 nitrogen and oxygen atoms in total. The SMILES string of the molecule is CCN1CCCC(NCc2c(CO)cnc(C)c2O)C1. The van der Waals surface area contributed by atoms with Gasteiger partial charge in [-0.3, -0.25) is 4.98 Å². The standard InChI is InChI=1S/C15H25N3O2/c1-3-18-6-4-5-13(9-18)17-8-14-12(10-19)7-16-11(2)15(14)20/h7,13,17,19-20H,3-6,8-10H2,1-2H3. The fourth-order valence-corrected chi connectivity index (χ4v) is 2.77. The highest BCUT2D eigenvalue weighted by atomic mass is 16.3. The first kappa shape index (κ1) is 15.2. The van der Waals surface area contributed by atoms with Gasteiger partial charge in [0.15, 0.2) is 0 Å². The number of hydrogen-bond donors (Lipinski definition) is 3. The number of rotatable bonds is 5. The zero-order valence-electron chi connectivity index (χ0n) is 12.4. The van der Waals surface area contributed by atoms with Gasteiger partial charge in [0.1, 0.15) is 5.75 Å². The van der Waals surface area contributed by atoms with Gasteiger partial charge in [-0.05, 0) is 32.9 Å². The lowest BCUT2D eigenvalue weighted by Gasteiger charge is -2.32. The number of aromatic nitrogens is 1. The zero-order chi connectivity index (χ0) is 14.5. The molecule has 1 aromatic rings. The van der Waals surface area contributed by atoms with Gasteiger partial charge in [0.2, 0.25) is 0 Å². The highest BCUT2D eigenvalue weighted by molar-refractivity contribution is 5.40. The van der Waals surface area contributed by atoms with Crippen LogP contribution in [-0.4, -0.2) is 45.8 Å². The van der Waals surface area contributed by atoms with E-state index in [1.807, 2.05) is 0 Å². The molecule has 20 heavy (non-hydrogen) atoms. The molecule has 5 heteroatoms. The van der Waals surface area contributed by atoms with Crippen LogP contribution in [0.3, 0.4) is 0 Å². The van der Waals surface area contributed by atoms with Crippen molar-refractivity contribution in [3.8, 4) is 5.75 Å². The third kappa shape index (κ3) is 3.48. The number of aryl methyl sites for hydroxylation is 1. The average Bonchev–Trinajstić information content (AvgIpc) is 2.49. The normalized spacial score (nSPS) is 20.2. The smallest absolute Gasteiger partial charge is 0.141 e. The molecular formula is C15H25N3O2. The van der Waals surface area contributed by atoms with Crippen LogP contribution < -0.4 is 5.32 Å². The van der Waals surface area contributed by atoms with Crippen LogP contribution in [-0.2, 0) is 13.2 Å². The van der Waals surface area contributed by atoms with E-state index in [1.165, 1.54) is 13.0 Å². The van der Waals surface area contributed by atoms with E-state index in [0.717, 1.165) is 25.1 Å². The Morgan fingerprint density at radius 2 is 2.30 bits per heavy atom. The Morgan fingerprint density at radius 1 is 1.50 bits per heavy atom.